The van der Waals surface area contributed by atoms with E-state index >= 15 is 0 Å². The molecular weight excluding hydrogens is 432 g/mol. The molecule has 0 saturated carbocycles. The van der Waals surface area contributed by atoms with E-state index in [1.54, 1.807) is 31.2 Å². The van der Waals surface area contributed by atoms with E-state index in [2.05, 4.69) is 0 Å². The highest BCUT2D eigenvalue weighted by atomic mass is 35.5. The summed E-state index contributed by atoms with van der Waals surface area (Å²) in [7, 11) is -2.18. The predicted octanol–water partition coefficient (Wildman–Crippen LogP) is 4.77. The minimum absolute atomic E-state index is 0.150. The fourth-order valence-electron chi connectivity index (χ4n) is 3.48. The first kappa shape index (κ1) is 20.0. The zero-order valence-corrected chi connectivity index (χ0v) is 18.2. The van der Waals surface area contributed by atoms with Crippen LogP contribution in [-0.4, -0.2) is 44.7 Å². The van der Waals surface area contributed by atoms with Crippen LogP contribution in [0.4, 0.5) is 10.5 Å². The number of amides is 1. The highest BCUT2D eigenvalue weighted by molar-refractivity contribution is 7.95. The highest BCUT2D eigenvalue weighted by Crippen LogP contribution is 2.38. The van der Waals surface area contributed by atoms with Crippen molar-refractivity contribution in [1.82, 2.24) is 4.90 Å². The molecule has 6 nitrogen and oxygen atoms in total. The Kier molecular flexibility index (Phi) is 4.96. The molecule has 0 spiro atoms. The van der Waals surface area contributed by atoms with Crippen LogP contribution in [0.1, 0.15) is 17.0 Å². The van der Waals surface area contributed by atoms with E-state index in [1.165, 1.54) is 27.6 Å². The Labute approximate surface area is 178 Å². The maximum absolute atomic E-state index is 13.2. The fourth-order valence-corrected chi connectivity index (χ4v) is 6.75. The van der Waals surface area contributed by atoms with Gasteiger partial charge in [0.15, 0.2) is 0 Å². The van der Waals surface area contributed by atoms with Gasteiger partial charge in [0.2, 0.25) is 0 Å². The molecule has 0 atom stereocenters. The Morgan fingerprint density at radius 3 is 2.48 bits per heavy atom. The number of sulfonamides is 1. The fraction of sp³-hybridized carbons (Fsp3) is 0.250. The second-order valence-electron chi connectivity index (χ2n) is 7.10. The number of carbonyl (C=O) groups is 1. The zero-order chi connectivity index (χ0) is 20.9. The Morgan fingerprint density at radius 1 is 1.21 bits per heavy atom. The third-order valence-electron chi connectivity index (χ3n) is 5.33. The number of rotatable bonds is 4. The van der Waals surface area contributed by atoms with Crippen LogP contribution >= 0.6 is 22.9 Å². The van der Waals surface area contributed by atoms with Crippen LogP contribution in [0.25, 0.3) is 10.1 Å². The van der Waals surface area contributed by atoms with Crippen LogP contribution in [0.2, 0.25) is 5.02 Å². The van der Waals surface area contributed by atoms with Crippen molar-refractivity contribution in [3.63, 3.8) is 0 Å². The molecule has 29 heavy (non-hydrogen) atoms. The Bertz CT molecular complexity index is 1200. The lowest BCUT2D eigenvalue weighted by Gasteiger charge is -2.37. The molecule has 0 bridgehead atoms. The third-order valence-corrected chi connectivity index (χ3v) is 9.22. The first-order valence-corrected chi connectivity index (χ1v) is 11.6. The Balaban J connectivity index is 1.60. The van der Waals surface area contributed by atoms with Gasteiger partial charge in [0.25, 0.3) is 10.0 Å². The SMILES string of the molecule is Cc1c(S(=O)(=O)N(C)c2ccc(C3CN(C(=O)O)C3)cc2)sc2ccc(Cl)cc12. The summed E-state index contributed by atoms with van der Waals surface area (Å²) in [4.78, 5) is 12.3. The summed E-state index contributed by atoms with van der Waals surface area (Å²) in [6, 6.07) is 12.6. The number of likely N-dealkylation sites (tertiary alicyclic amines) is 1. The van der Waals surface area contributed by atoms with Crippen molar-refractivity contribution in [2.45, 2.75) is 17.1 Å². The summed E-state index contributed by atoms with van der Waals surface area (Å²) in [5, 5.41) is 10.4. The summed E-state index contributed by atoms with van der Waals surface area (Å²) in [6.45, 7) is 2.72. The number of hydrogen-bond donors (Lipinski definition) is 1. The average molecular weight is 451 g/mol. The van der Waals surface area contributed by atoms with Gasteiger partial charge in [0.05, 0.1) is 5.69 Å². The summed E-state index contributed by atoms with van der Waals surface area (Å²) < 4.78 is 28.9. The van der Waals surface area contributed by atoms with Crippen LogP contribution in [0.5, 0.6) is 0 Å². The van der Waals surface area contributed by atoms with Crippen LogP contribution in [-0.2, 0) is 10.0 Å². The van der Waals surface area contributed by atoms with Crippen LogP contribution in [0, 0.1) is 6.92 Å². The summed E-state index contributed by atoms with van der Waals surface area (Å²) in [6.07, 6.45) is -0.913. The molecule has 2 heterocycles. The second kappa shape index (κ2) is 7.19. The molecule has 0 radical (unpaired) electrons. The number of carboxylic acid groups (broad SMARTS) is 1. The molecule has 9 heteroatoms. The minimum atomic E-state index is -3.72. The molecule has 1 aliphatic heterocycles. The molecule has 2 aromatic carbocycles. The van der Waals surface area contributed by atoms with Gasteiger partial charge < -0.3 is 10.0 Å². The first-order valence-electron chi connectivity index (χ1n) is 8.94. The topological polar surface area (TPSA) is 77.9 Å². The van der Waals surface area contributed by atoms with Crippen LogP contribution < -0.4 is 4.31 Å². The van der Waals surface area contributed by atoms with E-state index in [0.29, 0.717) is 33.6 Å². The number of nitrogens with zero attached hydrogens (tertiary/aromatic N) is 2. The molecule has 3 aromatic rings. The molecular formula is C20H19ClN2O4S2. The van der Waals surface area contributed by atoms with Gasteiger partial charge in [-0.2, -0.15) is 0 Å². The molecule has 0 unspecified atom stereocenters. The van der Waals surface area contributed by atoms with Crippen LogP contribution in [0.15, 0.2) is 46.7 Å². The number of fused-ring (bicyclic) bond motifs is 1. The molecule has 1 N–H and O–H groups in total. The molecule has 0 aliphatic carbocycles. The summed E-state index contributed by atoms with van der Waals surface area (Å²) in [5.74, 6) is 0.150. The minimum Gasteiger partial charge on any atom is -0.465 e. The summed E-state index contributed by atoms with van der Waals surface area (Å²) >= 11 is 7.30. The molecule has 1 aromatic heterocycles. The van der Waals surface area contributed by atoms with Gasteiger partial charge in [-0.25, -0.2) is 13.2 Å². The van der Waals surface area contributed by atoms with Gasteiger partial charge in [0, 0.05) is 35.8 Å². The Morgan fingerprint density at radius 2 is 1.86 bits per heavy atom. The number of benzene rings is 2. The number of hydrogen-bond acceptors (Lipinski definition) is 4. The van der Waals surface area contributed by atoms with Crippen molar-refractivity contribution in [3.8, 4) is 0 Å². The van der Waals surface area contributed by atoms with E-state index in [-0.39, 0.29) is 5.92 Å². The van der Waals surface area contributed by atoms with E-state index in [9.17, 15) is 13.2 Å². The third kappa shape index (κ3) is 3.45. The molecule has 152 valence electrons. The number of halogens is 1. The van der Waals surface area contributed by atoms with Gasteiger partial charge in [-0.15, -0.1) is 11.3 Å². The highest BCUT2D eigenvalue weighted by Gasteiger charge is 2.32. The number of anilines is 1. The van der Waals surface area contributed by atoms with Crippen molar-refractivity contribution < 1.29 is 18.3 Å². The molecule has 4 rings (SSSR count). The van der Waals surface area contributed by atoms with Gasteiger partial charge in [-0.05, 0) is 53.8 Å². The number of aryl methyl sites for hydroxylation is 1. The second-order valence-corrected chi connectivity index (χ2v) is 10.8. The monoisotopic (exact) mass is 450 g/mol. The van der Waals surface area contributed by atoms with Gasteiger partial charge in [-0.1, -0.05) is 23.7 Å². The van der Waals surface area contributed by atoms with E-state index in [1.807, 2.05) is 18.2 Å². The largest absolute Gasteiger partial charge is 0.465 e. The number of thiophene rings is 1. The molecule has 1 saturated heterocycles. The quantitative estimate of drug-likeness (QED) is 0.621. The van der Waals surface area contributed by atoms with E-state index in [0.717, 1.165) is 15.6 Å². The van der Waals surface area contributed by atoms with Crippen molar-refractivity contribution in [1.29, 1.82) is 0 Å². The maximum Gasteiger partial charge on any atom is 0.407 e. The van der Waals surface area contributed by atoms with Crippen LogP contribution in [0.3, 0.4) is 0 Å². The van der Waals surface area contributed by atoms with Gasteiger partial charge >= 0.3 is 6.09 Å². The zero-order valence-electron chi connectivity index (χ0n) is 15.8. The lowest BCUT2D eigenvalue weighted by Crippen LogP contribution is -2.47. The predicted molar refractivity (Wildman–Crippen MR) is 116 cm³/mol. The van der Waals surface area contributed by atoms with Crippen molar-refractivity contribution in [3.05, 3.63) is 58.6 Å². The lowest BCUT2D eigenvalue weighted by molar-refractivity contribution is 0.105. The van der Waals surface area contributed by atoms with Crippen molar-refractivity contribution >= 4 is 54.8 Å². The molecule has 1 amide bonds. The van der Waals surface area contributed by atoms with E-state index < -0.39 is 16.1 Å². The maximum atomic E-state index is 13.2. The van der Waals surface area contributed by atoms with Gasteiger partial charge in [-0.3, -0.25) is 4.31 Å². The summed E-state index contributed by atoms with van der Waals surface area (Å²) in [5.41, 5.74) is 2.25. The standard InChI is InChI=1S/C20H19ClN2O4S2/c1-12-17-9-15(21)5-8-18(17)28-19(12)29(26,27)22(2)16-6-3-13(4-7-16)14-10-23(11-14)20(24)25/h3-9,14H,10-11H2,1-2H3,(H,24,25). The van der Waals surface area contributed by atoms with Gasteiger partial charge in [0.1, 0.15) is 4.21 Å². The van der Waals surface area contributed by atoms with Crippen molar-refractivity contribution in [2.24, 2.45) is 0 Å². The van der Waals surface area contributed by atoms with Crippen molar-refractivity contribution in [2.75, 3.05) is 24.4 Å². The first-order chi connectivity index (χ1) is 13.7. The molecule has 1 aliphatic rings. The normalized spacial score (nSPS) is 14.8. The molecule has 1 fully saturated rings. The Hall–Kier alpha value is -2.29. The average Bonchev–Trinajstić information content (AvgIpc) is 2.97. The smallest absolute Gasteiger partial charge is 0.407 e. The lowest BCUT2D eigenvalue weighted by atomic mass is 9.92. The van der Waals surface area contributed by atoms with E-state index in [4.69, 9.17) is 16.7 Å².